The number of ether oxygens (including phenoxy) is 2. The van der Waals surface area contributed by atoms with Crippen LogP contribution in [0.25, 0.3) is 0 Å². The van der Waals surface area contributed by atoms with Crippen LogP contribution in [-0.4, -0.2) is 38.0 Å². The number of methoxy groups -OCH3 is 2. The summed E-state index contributed by atoms with van der Waals surface area (Å²) in [6.07, 6.45) is 0. The maximum absolute atomic E-state index is 12.6. The number of anilines is 1. The van der Waals surface area contributed by atoms with Crippen LogP contribution in [0.15, 0.2) is 41.5 Å². The van der Waals surface area contributed by atoms with Gasteiger partial charge >= 0.3 is 11.9 Å². The minimum absolute atomic E-state index is 0.00438. The standard InChI is InChI=1S/C20H25NO5/c1-19(2)15(20(3,4)18(19)24)13(16(22)25-5)14(17(23)26-6)21-12-10-8-7-9-11-12/h7-11,14,21H,1-6H3. The lowest BCUT2D eigenvalue weighted by Gasteiger charge is -2.51. The van der Waals surface area contributed by atoms with Crippen LogP contribution in [0.5, 0.6) is 0 Å². The van der Waals surface area contributed by atoms with E-state index in [1.54, 1.807) is 39.8 Å². The van der Waals surface area contributed by atoms with Crippen molar-refractivity contribution >= 4 is 23.4 Å². The predicted molar refractivity (Wildman–Crippen MR) is 97.5 cm³/mol. The Morgan fingerprint density at radius 3 is 1.96 bits per heavy atom. The summed E-state index contributed by atoms with van der Waals surface area (Å²) in [5.41, 5.74) is -0.375. The molecule has 1 saturated carbocycles. The van der Waals surface area contributed by atoms with Crippen LogP contribution in [-0.2, 0) is 23.9 Å². The van der Waals surface area contributed by atoms with E-state index >= 15 is 0 Å². The maximum Gasteiger partial charge on any atom is 0.336 e. The molecule has 0 aliphatic heterocycles. The fraction of sp³-hybridized carbons (Fsp3) is 0.450. The second-order valence-electron chi connectivity index (χ2n) is 7.33. The van der Waals surface area contributed by atoms with Gasteiger partial charge in [0.15, 0.2) is 11.8 Å². The molecule has 0 bridgehead atoms. The third kappa shape index (κ3) is 3.11. The van der Waals surface area contributed by atoms with Gasteiger partial charge in [0.05, 0.1) is 19.8 Å². The first kappa shape index (κ1) is 19.7. The quantitative estimate of drug-likeness (QED) is 0.643. The molecule has 0 aromatic heterocycles. The highest BCUT2D eigenvalue weighted by Gasteiger charge is 2.60. The van der Waals surface area contributed by atoms with Crippen molar-refractivity contribution in [3.63, 3.8) is 0 Å². The van der Waals surface area contributed by atoms with Crippen LogP contribution < -0.4 is 5.32 Å². The number of para-hydroxylation sites is 1. The van der Waals surface area contributed by atoms with Crippen molar-refractivity contribution in [1.82, 2.24) is 0 Å². The Hall–Kier alpha value is -2.63. The fourth-order valence-electron chi connectivity index (χ4n) is 3.94. The molecule has 1 aromatic carbocycles. The van der Waals surface area contributed by atoms with Gasteiger partial charge in [-0.15, -0.1) is 0 Å². The SMILES string of the molecule is COC(=O)C(=C1C(C)(C)C(=O)C1(C)C)C(Nc1ccccc1)C(=O)OC. The Labute approximate surface area is 153 Å². The van der Waals surface area contributed by atoms with Gasteiger partial charge in [0.25, 0.3) is 0 Å². The van der Waals surface area contributed by atoms with E-state index in [1.807, 2.05) is 18.2 Å². The number of rotatable bonds is 5. The minimum Gasteiger partial charge on any atom is -0.467 e. The Morgan fingerprint density at radius 2 is 1.50 bits per heavy atom. The van der Waals surface area contributed by atoms with Crippen LogP contribution in [0.1, 0.15) is 27.7 Å². The third-order valence-corrected chi connectivity index (χ3v) is 4.87. The molecule has 1 fully saturated rings. The van der Waals surface area contributed by atoms with Crippen LogP contribution >= 0.6 is 0 Å². The van der Waals surface area contributed by atoms with Crippen molar-refractivity contribution in [2.75, 3.05) is 19.5 Å². The number of allylic oxidation sites excluding steroid dienone is 1. The van der Waals surface area contributed by atoms with Crippen molar-refractivity contribution in [3.05, 3.63) is 41.5 Å². The lowest BCUT2D eigenvalue weighted by atomic mass is 9.49. The van der Waals surface area contributed by atoms with Crippen LogP contribution in [0.2, 0.25) is 0 Å². The van der Waals surface area contributed by atoms with Gasteiger partial charge in [-0.25, -0.2) is 9.59 Å². The summed E-state index contributed by atoms with van der Waals surface area (Å²) in [6.45, 7) is 6.98. The Morgan fingerprint density at radius 1 is 0.962 bits per heavy atom. The average Bonchev–Trinajstić information content (AvgIpc) is 2.62. The molecule has 26 heavy (non-hydrogen) atoms. The normalized spacial score (nSPS) is 18.4. The van der Waals surface area contributed by atoms with Crippen molar-refractivity contribution in [3.8, 4) is 0 Å². The molecule has 0 spiro atoms. The molecule has 1 unspecified atom stereocenters. The zero-order chi connectivity index (χ0) is 19.7. The van der Waals surface area contributed by atoms with Crippen LogP contribution in [0.4, 0.5) is 5.69 Å². The van der Waals surface area contributed by atoms with Gasteiger partial charge in [-0.05, 0) is 45.4 Å². The number of carbonyl (C=O) groups is 3. The molecule has 6 nitrogen and oxygen atoms in total. The molecule has 0 amide bonds. The molecule has 1 atom stereocenters. The number of nitrogens with one attached hydrogen (secondary N) is 1. The van der Waals surface area contributed by atoms with E-state index in [2.05, 4.69) is 5.32 Å². The zero-order valence-electron chi connectivity index (χ0n) is 16.0. The molecular weight excluding hydrogens is 334 g/mol. The van der Waals surface area contributed by atoms with Gasteiger partial charge in [-0.1, -0.05) is 18.2 Å². The highest BCUT2D eigenvalue weighted by molar-refractivity contribution is 6.09. The molecule has 1 aliphatic carbocycles. The van der Waals surface area contributed by atoms with E-state index in [0.29, 0.717) is 11.3 Å². The molecule has 1 aliphatic rings. The lowest BCUT2D eigenvalue weighted by molar-refractivity contribution is -0.146. The van der Waals surface area contributed by atoms with Crippen molar-refractivity contribution < 1.29 is 23.9 Å². The van der Waals surface area contributed by atoms with E-state index in [-0.39, 0.29) is 11.4 Å². The van der Waals surface area contributed by atoms with Gasteiger partial charge in [0.2, 0.25) is 0 Å². The largest absolute Gasteiger partial charge is 0.467 e. The zero-order valence-corrected chi connectivity index (χ0v) is 16.0. The third-order valence-electron chi connectivity index (χ3n) is 4.87. The fourth-order valence-corrected chi connectivity index (χ4v) is 3.94. The molecule has 1 N–H and O–H groups in total. The van der Waals surface area contributed by atoms with Crippen molar-refractivity contribution in [2.24, 2.45) is 10.8 Å². The summed E-state index contributed by atoms with van der Waals surface area (Å²) in [4.78, 5) is 37.7. The molecule has 0 saturated heterocycles. The first-order valence-electron chi connectivity index (χ1n) is 8.36. The molecule has 0 heterocycles. The number of hydrogen-bond acceptors (Lipinski definition) is 6. The molecular formula is C20H25NO5. The highest BCUT2D eigenvalue weighted by atomic mass is 16.5. The summed E-state index contributed by atoms with van der Waals surface area (Å²) in [5.74, 6) is -1.29. The molecule has 2 rings (SSSR count). The van der Waals surface area contributed by atoms with E-state index in [0.717, 1.165) is 0 Å². The number of esters is 2. The molecule has 0 radical (unpaired) electrons. The Kier molecular flexibility index (Phi) is 5.26. The summed E-state index contributed by atoms with van der Waals surface area (Å²) < 4.78 is 9.86. The molecule has 140 valence electrons. The summed E-state index contributed by atoms with van der Waals surface area (Å²) in [7, 11) is 2.50. The van der Waals surface area contributed by atoms with Crippen LogP contribution in [0, 0.1) is 10.8 Å². The number of carbonyl (C=O) groups excluding carboxylic acids is 3. The van der Waals surface area contributed by atoms with Crippen LogP contribution in [0.3, 0.4) is 0 Å². The van der Waals surface area contributed by atoms with Crippen molar-refractivity contribution in [2.45, 2.75) is 33.7 Å². The van der Waals surface area contributed by atoms with E-state index in [4.69, 9.17) is 9.47 Å². The number of hydrogen-bond donors (Lipinski definition) is 1. The average molecular weight is 359 g/mol. The van der Waals surface area contributed by atoms with Gasteiger partial charge in [-0.3, -0.25) is 4.79 Å². The van der Waals surface area contributed by atoms with Gasteiger partial charge in [-0.2, -0.15) is 0 Å². The predicted octanol–water partition coefficient (Wildman–Crippen LogP) is 2.74. The lowest BCUT2D eigenvalue weighted by Crippen LogP contribution is -2.56. The number of benzene rings is 1. The van der Waals surface area contributed by atoms with Gasteiger partial charge in [0.1, 0.15) is 0 Å². The van der Waals surface area contributed by atoms with Gasteiger partial charge < -0.3 is 14.8 Å². The Bertz CT molecular complexity index is 742. The monoisotopic (exact) mass is 359 g/mol. The number of Topliss-reactive ketones (excluding diaryl/α,β-unsaturated/α-hetero) is 1. The van der Waals surface area contributed by atoms with E-state index in [9.17, 15) is 14.4 Å². The first-order valence-corrected chi connectivity index (χ1v) is 8.36. The summed E-state index contributed by atoms with van der Waals surface area (Å²) >= 11 is 0. The maximum atomic E-state index is 12.6. The second kappa shape index (κ2) is 6.94. The number of ketones is 1. The van der Waals surface area contributed by atoms with E-state index < -0.39 is 28.8 Å². The topological polar surface area (TPSA) is 81.7 Å². The minimum atomic E-state index is -1.09. The van der Waals surface area contributed by atoms with E-state index in [1.165, 1.54) is 14.2 Å². The highest BCUT2D eigenvalue weighted by Crippen LogP contribution is 2.57. The Balaban J connectivity index is 2.66. The summed E-state index contributed by atoms with van der Waals surface area (Å²) in [5, 5.41) is 3.04. The second-order valence-corrected chi connectivity index (χ2v) is 7.33. The van der Waals surface area contributed by atoms with Crippen molar-refractivity contribution in [1.29, 1.82) is 0 Å². The molecule has 6 heteroatoms. The molecule has 1 aromatic rings. The smallest absolute Gasteiger partial charge is 0.336 e. The first-order chi connectivity index (χ1) is 12.1. The van der Waals surface area contributed by atoms with Gasteiger partial charge in [0, 0.05) is 16.5 Å². The summed E-state index contributed by atoms with van der Waals surface area (Å²) in [6, 6.07) is 7.92.